The quantitative estimate of drug-likeness (QED) is 0.674. The average Bonchev–Trinajstić information content (AvgIpc) is 2.28. The van der Waals surface area contributed by atoms with E-state index in [2.05, 4.69) is 10.3 Å². The Balaban J connectivity index is 2.51. The van der Waals surface area contributed by atoms with Crippen LogP contribution in [0.15, 0.2) is 16.2 Å². The molecule has 0 spiro atoms. The van der Waals surface area contributed by atoms with Crippen LogP contribution in [0, 0.1) is 0 Å². The minimum atomic E-state index is -1.41. The van der Waals surface area contributed by atoms with Gasteiger partial charge in [0.05, 0.1) is 5.41 Å². The molecule has 1 atom stereocenters. The molecule has 0 aromatic rings. The second-order valence-corrected chi connectivity index (χ2v) is 3.71. The largest absolute Gasteiger partial charge is 0.480 e. The average molecular weight is 209 g/mol. The van der Waals surface area contributed by atoms with Gasteiger partial charge in [0, 0.05) is 0 Å². The summed E-state index contributed by atoms with van der Waals surface area (Å²) in [5.41, 5.74) is 0. The Kier molecular flexibility index (Phi) is 2.83. The second-order valence-electron chi connectivity index (χ2n) is 1.91. The summed E-state index contributed by atoms with van der Waals surface area (Å²) in [4.78, 5) is 13.7. The number of rotatable bonds is 3. The van der Waals surface area contributed by atoms with Crippen molar-refractivity contribution in [1.82, 2.24) is 5.32 Å². The van der Waals surface area contributed by atoms with E-state index in [4.69, 9.17) is 16.7 Å². The van der Waals surface area contributed by atoms with Crippen LogP contribution in [0.5, 0.6) is 0 Å². The van der Waals surface area contributed by atoms with Crippen molar-refractivity contribution in [1.29, 1.82) is 0 Å². The maximum atomic E-state index is 10.8. The molecule has 7 heteroatoms. The fourth-order valence-corrected chi connectivity index (χ4v) is 1.41. The molecule has 1 aliphatic heterocycles. The van der Waals surface area contributed by atoms with Gasteiger partial charge < -0.3 is 10.4 Å². The van der Waals surface area contributed by atoms with E-state index in [1.54, 1.807) is 0 Å². The number of aliphatic carboxylic acids is 1. The molecule has 0 bridgehead atoms. The second kappa shape index (κ2) is 3.68. The van der Waals surface area contributed by atoms with Gasteiger partial charge in [-0.3, -0.25) is 4.79 Å². The molecule has 2 N–H and O–H groups in total. The summed E-state index contributed by atoms with van der Waals surface area (Å²) in [6.07, 6.45) is 0. The Morgan fingerprint density at radius 3 is 2.92 bits per heavy atom. The molecule has 1 aliphatic rings. The zero-order chi connectivity index (χ0) is 9.14. The van der Waals surface area contributed by atoms with Crippen LogP contribution in [0.4, 0.5) is 0 Å². The van der Waals surface area contributed by atoms with E-state index in [9.17, 15) is 9.00 Å². The van der Waals surface area contributed by atoms with Crippen molar-refractivity contribution in [3.63, 3.8) is 0 Å². The SMILES string of the molecule is O=C(O)CNC1=CS(=O)C(Cl)=N1. The van der Waals surface area contributed by atoms with Crippen LogP contribution in [0.1, 0.15) is 0 Å². The Bertz CT molecular complexity index is 299. The number of carboxylic acid groups (broad SMARTS) is 1. The fraction of sp³-hybridized carbons (Fsp3) is 0.200. The molecule has 1 heterocycles. The zero-order valence-electron chi connectivity index (χ0n) is 5.78. The maximum absolute atomic E-state index is 10.8. The van der Waals surface area contributed by atoms with Crippen molar-refractivity contribution in [2.45, 2.75) is 0 Å². The number of carboxylic acids is 1. The van der Waals surface area contributed by atoms with E-state index in [-0.39, 0.29) is 16.9 Å². The summed E-state index contributed by atoms with van der Waals surface area (Å²) in [5, 5.41) is 12.0. The van der Waals surface area contributed by atoms with Gasteiger partial charge >= 0.3 is 5.97 Å². The molecular weight excluding hydrogens is 204 g/mol. The van der Waals surface area contributed by atoms with Crippen molar-refractivity contribution in [2.24, 2.45) is 4.99 Å². The maximum Gasteiger partial charge on any atom is 0.322 e. The van der Waals surface area contributed by atoms with Crippen LogP contribution >= 0.6 is 11.6 Å². The van der Waals surface area contributed by atoms with Gasteiger partial charge in [-0.15, -0.1) is 0 Å². The lowest BCUT2D eigenvalue weighted by Crippen LogP contribution is -2.20. The predicted octanol–water partition coefficient (Wildman–Crippen LogP) is -0.183. The molecule has 0 aliphatic carbocycles. The third-order valence-corrected chi connectivity index (χ3v) is 2.42. The Morgan fingerprint density at radius 2 is 2.50 bits per heavy atom. The number of halogens is 1. The van der Waals surface area contributed by atoms with Crippen molar-refractivity contribution in [2.75, 3.05) is 6.54 Å². The summed E-state index contributed by atoms with van der Waals surface area (Å²) in [6.45, 7) is -0.267. The van der Waals surface area contributed by atoms with Crippen molar-refractivity contribution in [3.8, 4) is 0 Å². The third-order valence-electron chi connectivity index (χ3n) is 1.01. The Hall–Kier alpha value is -0.880. The van der Waals surface area contributed by atoms with Crippen LogP contribution in [0.2, 0.25) is 0 Å². The van der Waals surface area contributed by atoms with Crippen molar-refractivity contribution < 1.29 is 14.1 Å². The first kappa shape index (κ1) is 9.21. The van der Waals surface area contributed by atoms with Gasteiger partial charge in [-0.25, -0.2) is 9.20 Å². The molecule has 1 unspecified atom stereocenters. The number of carbonyl (C=O) groups is 1. The Labute approximate surface area is 75.6 Å². The number of hydrogen-bond acceptors (Lipinski definition) is 4. The molecule has 1 rings (SSSR count). The molecule has 12 heavy (non-hydrogen) atoms. The summed E-state index contributed by atoms with van der Waals surface area (Å²) in [5.74, 6) is -0.777. The van der Waals surface area contributed by atoms with Crippen molar-refractivity contribution >= 4 is 32.9 Å². The minimum absolute atomic E-state index is 0.0390. The van der Waals surface area contributed by atoms with Crippen LogP contribution in [0.3, 0.4) is 0 Å². The van der Waals surface area contributed by atoms with E-state index >= 15 is 0 Å². The van der Waals surface area contributed by atoms with E-state index in [0.717, 1.165) is 0 Å². The van der Waals surface area contributed by atoms with E-state index in [1.165, 1.54) is 5.41 Å². The monoisotopic (exact) mass is 208 g/mol. The highest BCUT2D eigenvalue weighted by atomic mass is 35.5. The number of nitrogens with one attached hydrogen (secondary N) is 1. The predicted molar refractivity (Wildman–Crippen MR) is 45.2 cm³/mol. The third kappa shape index (κ3) is 2.31. The van der Waals surface area contributed by atoms with Crippen LogP contribution in [-0.2, 0) is 15.6 Å². The fourth-order valence-electron chi connectivity index (χ4n) is 0.563. The lowest BCUT2D eigenvalue weighted by molar-refractivity contribution is -0.135. The number of hydrogen-bond donors (Lipinski definition) is 2. The summed E-state index contributed by atoms with van der Waals surface area (Å²) in [7, 11) is -1.41. The van der Waals surface area contributed by atoms with Gasteiger partial charge in [0.1, 0.15) is 23.2 Å². The van der Waals surface area contributed by atoms with Gasteiger partial charge in [0.2, 0.25) is 0 Å². The summed E-state index contributed by atoms with van der Waals surface area (Å²) >= 11 is 5.38. The topological polar surface area (TPSA) is 78.8 Å². The molecule has 5 nitrogen and oxygen atoms in total. The molecule has 66 valence electrons. The molecule has 0 fully saturated rings. The van der Waals surface area contributed by atoms with Crippen LogP contribution in [-0.4, -0.2) is 26.3 Å². The lowest BCUT2D eigenvalue weighted by atomic mass is 10.6. The first-order valence-electron chi connectivity index (χ1n) is 2.92. The van der Waals surface area contributed by atoms with E-state index in [0.29, 0.717) is 0 Å². The van der Waals surface area contributed by atoms with Crippen molar-refractivity contribution in [3.05, 3.63) is 11.2 Å². The first-order chi connectivity index (χ1) is 5.59. The molecule has 0 radical (unpaired) electrons. The normalized spacial score (nSPS) is 21.6. The van der Waals surface area contributed by atoms with Gasteiger partial charge in [-0.1, -0.05) is 11.6 Å². The van der Waals surface area contributed by atoms with Gasteiger partial charge in [0.15, 0.2) is 4.50 Å². The number of aliphatic imine (C=N–C) groups is 1. The zero-order valence-corrected chi connectivity index (χ0v) is 7.35. The summed E-state index contributed by atoms with van der Waals surface area (Å²) in [6, 6.07) is 0. The molecule has 0 amide bonds. The van der Waals surface area contributed by atoms with Gasteiger partial charge in [-0.2, -0.15) is 0 Å². The van der Waals surface area contributed by atoms with E-state index in [1.807, 2.05) is 0 Å². The molecule has 0 saturated heterocycles. The highest BCUT2D eigenvalue weighted by molar-refractivity contribution is 8.06. The van der Waals surface area contributed by atoms with Crippen LogP contribution in [0.25, 0.3) is 0 Å². The molecule has 0 aromatic heterocycles. The standard InChI is InChI=1S/C5H5ClN2O3S/c6-5-8-3(2-12(5)11)7-1-4(9)10/h2,7H,1H2,(H,9,10). The van der Waals surface area contributed by atoms with Crippen LogP contribution < -0.4 is 5.32 Å². The highest BCUT2D eigenvalue weighted by Gasteiger charge is 2.13. The molecule has 0 aromatic carbocycles. The van der Waals surface area contributed by atoms with Gasteiger partial charge in [0.25, 0.3) is 0 Å². The molecule has 0 saturated carbocycles. The highest BCUT2D eigenvalue weighted by Crippen LogP contribution is 2.10. The summed E-state index contributed by atoms with van der Waals surface area (Å²) < 4.78 is 10.8. The first-order valence-corrected chi connectivity index (χ1v) is 4.51. The molecular formula is C5H5ClN2O3S. The lowest BCUT2D eigenvalue weighted by Gasteiger charge is -1.97. The smallest absolute Gasteiger partial charge is 0.322 e. The number of nitrogens with zero attached hydrogens (tertiary/aromatic N) is 1. The minimum Gasteiger partial charge on any atom is -0.480 e. The van der Waals surface area contributed by atoms with Gasteiger partial charge in [-0.05, 0) is 0 Å². The van der Waals surface area contributed by atoms with E-state index < -0.39 is 16.8 Å². The Morgan fingerprint density at radius 1 is 1.83 bits per heavy atom.